The van der Waals surface area contributed by atoms with Crippen molar-refractivity contribution in [2.45, 2.75) is 45.7 Å². The molecule has 5 nitrogen and oxygen atoms in total. The molecular formula is C17H25N5. The molecule has 1 aliphatic heterocycles. The Morgan fingerprint density at radius 3 is 2.50 bits per heavy atom. The van der Waals surface area contributed by atoms with Crippen molar-refractivity contribution in [1.82, 2.24) is 25.1 Å². The van der Waals surface area contributed by atoms with E-state index in [0.717, 1.165) is 31.9 Å². The zero-order valence-corrected chi connectivity index (χ0v) is 13.5. The smallest absolute Gasteiger partial charge is 0.168 e. The fraction of sp³-hybridized carbons (Fsp3) is 0.588. The molecule has 2 aromatic rings. The van der Waals surface area contributed by atoms with Gasteiger partial charge in [-0.15, -0.1) is 5.10 Å². The lowest BCUT2D eigenvalue weighted by atomic mass is 10.0. The minimum atomic E-state index is 0.327. The van der Waals surface area contributed by atoms with Gasteiger partial charge in [0.1, 0.15) is 0 Å². The van der Waals surface area contributed by atoms with Crippen LogP contribution in [0.4, 0.5) is 0 Å². The molecule has 1 atom stereocenters. The molecule has 0 unspecified atom stereocenters. The number of nitrogens with zero attached hydrogens (tertiary/aromatic N) is 5. The van der Waals surface area contributed by atoms with E-state index >= 15 is 0 Å². The largest absolute Gasteiger partial charge is 0.293 e. The minimum absolute atomic E-state index is 0.327. The van der Waals surface area contributed by atoms with Gasteiger partial charge in [0, 0.05) is 6.54 Å². The zero-order chi connectivity index (χ0) is 15.4. The molecule has 118 valence electrons. The van der Waals surface area contributed by atoms with Gasteiger partial charge in [-0.3, -0.25) is 4.90 Å². The van der Waals surface area contributed by atoms with Crippen LogP contribution in [0.1, 0.15) is 44.1 Å². The van der Waals surface area contributed by atoms with Crippen molar-refractivity contribution in [3.63, 3.8) is 0 Å². The molecule has 1 fully saturated rings. The molecule has 0 radical (unpaired) electrons. The van der Waals surface area contributed by atoms with Crippen LogP contribution in [-0.2, 0) is 13.0 Å². The predicted molar refractivity (Wildman–Crippen MR) is 86.3 cm³/mol. The standard InChI is InChI=1S/C17H25N5/c1-14(2)16(21-11-6-7-12-21)17-18-19-20-22(17)13-10-15-8-4-3-5-9-15/h3-5,8-9,14,16H,6-7,10-13H2,1-2H3/t16-/m0/s1. The monoisotopic (exact) mass is 299 g/mol. The summed E-state index contributed by atoms with van der Waals surface area (Å²) in [5.74, 6) is 1.53. The summed E-state index contributed by atoms with van der Waals surface area (Å²) in [4.78, 5) is 2.54. The van der Waals surface area contributed by atoms with E-state index in [9.17, 15) is 0 Å². The van der Waals surface area contributed by atoms with Gasteiger partial charge >= 0.3 is 0 Å². The molecule has 1 aliphatic rings. The van der Waals surface area contributed by atoms with Crippen molar-refractivity contribution in [2.75, 3.05) is 13.1 Å². The quantitative estimate of drug-likeness (QED) is 0.823. The SMILES string of the molecule is CC(C)[C@@H](c1nnnn1CCc1ccccc1)N1CCCC1. The molecule has 22 heavy (non-hydrogen) atoms. The highest BCUT2D eigenvalue weighted by molar-refractivity contribution is 5.14. The lowest BCUT2D eigenvalue weighted by Crippen LogP contribution is -2.32. The van der Waals surface area contributed by atoms with E-state index in [0.29, 0.717) is 12.0 Å². The summed E-state index contributed by atoms with van der Waals surface area (Å²) in [6, 6.07) is 10.9. The average Bonchev–Trinajstić information content (AvgIpc) is 3.19. The van der Waals surface area contributed by atoms with Crippen LogP contribution in [0.15, 0.2) is 30.3 Å². The second-order valence-corrected chi connectivity index (χ2v) is 6.43. The number of hydrogen-bond donors (Lipinski definition) is 0. The maximum absolute atomic E-state index is 4.35. The first-order chi connectivity index (χ1) is 10.8. The van der Waals surface area contributed by atoms with Crippen LogP contribution in [0.5, 0.6) is 0 Å². The number of likely N-dealkylation sites (tertiary alicyclic amines) is 1. The Labute approximate surface area is 132 Å². The molecule has 5 heteroatoms. The second kappa shape index (κ2) is 7.01. The van der Waals surface area contributed by atoms with E-state index < -0.39 is 0 Å². The van der Waals surface area contributed by atoms with Crippen molar-refractivity contribution in [1.29, 1.82) is 0 Å². The highest BCUT2D eigenvalue weighted by Gasteiger charge is 2.30. The maximum atomic E-state index is 4.35. The Morgan fingerprint density at radius 1 is 1.09 bits per heavy atom. The van der Waals surface area contributed by atoms with Gasteiger partial charge in [0.15, 0.2) is 5.82 Å². The van der Waals surface area contributed by atoms with Crippen molar-refractivity contribution < 1.29 is 0 Å². The summed E-state index contributed by atoms with van der Waals surface area (Å²) < 4.78 is 2.00. The zero-order valence-electron chi connectivity index (χ0n) is 13.5. The third-order valence-corrected chi connectivity index (χ3v) is 4.44. The first-order valence-electron chi connectivity index (χ1n) is 8.30. The number of aromatic nitrogens is 4. The number of hydrogen-bond acceptors (Lipinski definition) is 4. The van der Waals surface area contributed by atoms with Gasteiger partial charge < -0.3 is 0 Å². The Morgan fingerprint density at radius 2 is 1.82 bits per heavy atom. The molecule has 1 aromatic carbocycles. The molecule has 0 N–H and O–H groups in total. The Balaban J connectivity index is 1.75. The fourth-order valence-corrected chi connectivity index (χ4v) is 3.37. The summed E-state index contributed by atoms with van der Waals surface area (Å²) >= 11 is 0. The van der Waals surface area contributed by atoms with Crippen LogP contribution in [0.2, 0.25) is 0 Å². The van der Waals surface area contributed by atoms with Crippen LogP contribution >= 0.6 is 0 Å². The van der Waals surface area contributed by atoms with E-state index in [-0.39, 0.29) is 0 Å². The van der Waals surface area contributed by atoms with Gasteiger partial charge in [0.25, 0.3) is 0 Å². The normalized spacial score (nSPS) is 17.2. The molecular weight excluding hydrogens is 274 g/mol. The summed E-state index contributed by atoms with van der Waals surface area (Å²) in [7, 11) is 0. The van der Waals surface area contributed by atoms with Crippen molar-refractivity contribution in [2.24, 2.45) is 5.92 Å². The second-order valence-electron chi connectivity index (χ2n) is 6.43. The first-order valence-corrected chi connectivity index (χ1v) is 8.30. The summed E-state index contributed by atoms with van der Waals surface area (Å²) in [6.45, 7) is 7.69. The Hall–Kier alpha value is -1.75. The number of tetrazole rings is 1. The van der Waals surface area contributed by atoms with Crippen LogP contribution in [0, 0.1) is 5.92 Å². The molecule has 0 bridgehead atoms. The Bertz CT molecular complexity index is 572. The van der Waals surface area contributed by atoms with E-state index in [1.54, 1.807) is 0 Å². The van der Waals surface area contributed by atoms with Gasteiger partial charge in [-0.1, -0.05) is 44.2 Å². The van der Waals surface area contributed by atoms with Crippen LogP contribution in [-0.4, -0.2) is 38.2 Å². The van der Waals surface area contributed by atoms with Crippen molar-refractivity contribution in [3.8, 4) is 0 Å². The fourth-order valence-electron chi connectivity index (χ4n) is 3.37. The van der Waals surface area contributed by atoms with E-state index in [1.807, 2.05) is 10.7 Å². The van der Waals surface area contributed by atoms with E-state index in [4.69, 9.17) is 0 Å². The first kappa shape index (κ1) is 15.2. The van der Waals surface area contributed by atoms with Gasteiger partial charge in [-0.2, -0.15) is 0 Å². The lowest BCUT2D eigenvalue weighted by molar-refractivity contribution is 0.177. The van der Waals surface area contributed by atoms with Crippen LogP contribution < -0.4 is 0 Å². The molecule has 2 heterocycles. The van der Waals surface area contributed by atoms with Gasteiger partial charge in [-0.05, 0) is 54.3 Å². The molecule has 0 saturated carbocycles. The predicted octanol–water partition coefficient (Wildman–Crippen LogP) is 2.71. The highest BCUT2D eigenvalue weighted by atomic mass is 15.5. The minimum Gasteiger partial charge on any atom is -0.293 e. The van der Waals surface area contributed by atoms with Crippen molar-refractivity contribution in [3.05, 3.63) is 41.7 Å². The van der Waals surface area contributed by atoms with Crippen molar-refractivity contribution >= 4 is 0 Å². The average molecular weight is 299 g/mol. The van der Waals surface area contributed by atoms with Crippen LogP contribution in [0.25, 0.3) is 0 Å². The lowest BCUT2D eigenvalue weighted by Gasteiger charge is -2.29. The molecule has 0 spiro atoms. The van der Waals surface area contributed by atoms with E-state index in [1.165, 1.54) is 18.4 Å². The topological polar surface area (TPSA) is 46.8 Å². The third kappa shape index (κ3) is 3.35. The summed E-state index contributed by atoms with van der Waals surface area (Å²) in [5.41, 5.74) is 1.33. The number of aryl methyl sites for hydroxylation is 2. The molecule has 1 aromatic heterocycles. The highest BCUT2D eigenvalue weighted by Crippen LogP contribution is 2.29. The maximum Gasteiger partial charge on any atom is 0.168 e. The van der Waals surface area contributed by atoms with Gasteiger partial charge in [-0.25, -0.2) is 4.68 Å². The van der Waals surface area contributed by atoms with Gasteiger partial charge in [0.05, 0.1) is 6.04 Å². The van der Waals surface area contributed by atoms with Gasteiger partial charge in [0.2, 0.25) is 0 Å². The summed E-state index contributed by atoms with van der Waals surface area (Å²) in [5, 5.41) is 12.5. The molecule has 1 saturated heterocycles. The van der Waals surface area contributed by atoms with E-state index in [2.05, 4.69) is 58.5 Å². The number of benzene rings is 1. The molecule has 0 aliphatic carbocycles. The summed E-state index contributed by atoms with van der Waals surface area (Å²) in [6.07, 6.45) is 3.54. The third-order valence-electron chi connectivity index (χ3n) is 4.44. The molecule has 0 amide bonds. The molecule has 3 rings (SSSR count). The van der Waals surface area contributed by atoms with Crippen LogP contribution in [0.3, 0.4) is 0 Å². The number of rotatable bonds is 6. The Kier molecular flexibility index (Phi) is 4.83.